The Kier molecular flexibility index (Phi) is 8.86. The summed E-state index contributed by atoms with van der Waals surface area (Å²) in [5.41, 5.74) is 3.82. The number of hydroxylamine groups is 1. The number of carbonyl (C=O) groups excluding carboxylic acids is 2. The van der Waals surface area contributed by atoms with E-state index in [1.54, 1.807) is 43.3 Å². The molecule has 160 valence electrons. The minimum Gasteiger partial charge on any atom is -0.491 e. The van der Waals surface area contributed by atoms with E-state index in [9.17, 15) is 9.59 Å². The van der Waals surface area contributed by atoms with Crippen molar-refractivity contribution in [3.8, 4) is 5.75 Å². The lowest BCUT2D eigenvalue weighted by Gasteiger charge is -2.23. The van der Waals surface area contributed by atoms with Crippen LogP contribution in [0.5, 0.6) is 5.75 Å². The molecule has 0 spiro atoms. The van der Waals surface area contributed by atoms with E-state index >= 15 is 0 Å². The molecule has 0 saturated heterocycles. The van der Waals surface area contributed by atoms with E-state index < -0.39 is 24.0 Å². The van der Waals surface area contributed by atoms with Crippen LogP contribution in [0.2, 0.25) is 0 Å². The van der Waals surface area contributed by atoms with Crippen molar-refractivity contribution in [2.24, 2.45) is 5.92 Å². The summed E-state index contributed by atoms with van der Waals surface area (Å²) in [5.74, 6) is -0.581. The zero-order valence-corrected chi connectivity index (χ0v) is 16.9. The summed E-state index contributed by atoms with van der Waals surface area (Å²) in [4.78, 5) is 23.8. The summed E-state index contributed by atoms with van der Waals surface area (Å²) < 4.78 is 11.1. The van der Waals surface area contributed by atoms with Crippen molar-refractivity contribution in [3.05, 3.63) is 71.8 Å². The summed E-state index contributed by atoms with van der Waals surface area (Å²) in [6, 6.07) is 14.2. The predicted octanol–water partition coefficient (Wildman–Crippen LogP) is 3.35. The van der Waals surface area contributed by atoms with E-state index in [-0.39, 0.29) is 13.2 Å². The summed E-state index contributed by atoms with van der Waals surface area (Å²) in [7, 11) is 0. The lowest BCUT2D eigenvalue weighted by molar-refractivity contribution is -0.124. The van der Waals surface area contributed by atoms with E-state index in [1.807, 2.05) is 19.1 Å². The van der Waals surface area contributed by atoms with Gasteiger partial charge in [0.2, 0.25) is 0 Å². The molecule has 0 aliphatic heterocycles. The summed E-state index contributed by atoms with van der Waals surface area (Å²) >= 11 is 0. The van der Waals surface area contributed by atoms with Gasteiger partial charge in [-0.05, 0) is 36.8 Å². The Morgan fingerprint density at radius 2 is 1.90 bits per heavy atom. The number of aliphatic hydroxyl groups is 1. The normalized spacial score (nSPS) is 12.8. The quantitative estimate of drug-likeness (QED) is 0.284. The number of amides is 2. The fourth-order valence-corrected chi connectivity index (χ4v) is 2.70. The van der Waals surface area contributed by atoms with Gasteiger partial charge in [0.25, 0.3) is 5.91 Å². The minimum atomic E-state index is -0.740. The topological polar surface area (TPSA) is 117 Å². The third kappa shape index (κ3) is 7.23. The smallest absolute Gasteiger partial charge is 0.412 e. The molecule has 0 aromatic heterocycles. The molecule has 0 aliphatic rings. The Morgan fingerprint density at radius 1 is 1.17 bits per heavy atom. The Hall–Kier alpha value is -3.36. The fraction of sp³-hybridized carbons (Fsp3) is 0.273. The summed E-state index contributed by atoms with van der Waals surface area (Å²) in [6.07, 6.45) is 1.29. The van der Waals surface area contributed by atoms with Crippen LogP contribution < -0.4 is 15.5 Å². The molecule has 0 heterocycles. The third-order valence-corrected chi connectivity index (χ3v) is 4.22. The molecule has 8 nitrogen and oxygen atoms in total. The number of aryl methyl sites for hydroxylation is 1. The van der Waals surface area contributed by atoms with Crippen LogP contribution in [0.1, 0.15) is 24.2 Å². The lowest BCUT2D eigenvalue weighted by Crippen LogP contribution is -2.22. The maximum Gasteiger partial charge on any atom is 0.412 e. The van der Waals surface area contributed by atoms with Crippen molar-refractivity contribution in [3.63, 3.8) is 0 Å². The van der Waals surface area contributed by atoms with E-state index in [0.29, 0.717) is 17.0 Å². The highest BCUT2D eigenvalue weighted by Crippen LogP contribution is 2.30. The first kappa shape index (κ1) is 22.9. The Labute approximate surface area is 175 Å². The average molecular weight is 414 g/mol. The van der Waals surface area contributed by atoms with Crippen LogP contribution >= 0.6 is 0 Å². The van der Waals surface area contributed by atoms with E-state index in [0.717, 1.165) is 11.6 Å². The number of nitrogens with one attached hydrogen (secondary N) is 2. The second-order valence-corrected chi connectivity index (χ2v) is 6.66. The number of benzene rings is 2. The Bertz CT molecular complexity index is 866. The number of hydrogen-bond donors (Lipinski definition) is 4. The molecule has 0 aliphatic carbocycles. The molecule has 0 saturated carbocycles. The van der Waals surface area contributed by atoms with Gasteiger partial charge >= 0.3 is 6.09 Å². The third-order valence-electron chi connectivity index (χ3n) is 4.22. The van der Waals surface area contributed by atoms with Crippen LogP contribution in [0.25, 0.3) is 0 Å². The highest BCUT2D eigenvalue weighted by atomic mass is 16.6. The molecule has 0 fully saturated rings. The number of carbonyl (C=O) groups is 2. The Balaban J connectivity index is 2.21. The zero-order valence-electron chi connectivity index (χ0n) is 16.9. The van der Waals surface area contributed by atoms with Gasteiger partial charge in [-0.3, -0.25) is 15.3 Å². The van der Waals surface area contributed by atoms with Gasteiger partial charge in [-0.25, -0.2) is 10.3 Å². The number of ether oxygens (including phenoxy) is 2. The van der Waals surface area contributed by atoms with Crippen molar-refractivity contribution in [1.29, 1.82) is 0 Å². The number of aliphatic hydroxyl groups excluding tert-OH is 1. The van der Waals surface area contributed by atoms with Crippen LogP contribution in [-0.2, 0) is 9.53 Å². The van der Waals surface area contributed by atoms with E-state index in [4.69, 9.17) is 19.8 Å². The van der Waals surface area contributed by atoms with Gasteiger partial charge in [-0.2, -0.15) is 0 Å². The van der Waals surface area contributed by atoms with Gasteiger partial charge in [0.1, 0.15) is 18.5 Å². The van der Waals surface area contributed by atoms with Gasteiger partial charge in [0.15, 0.2) is 0 Å². The standard InChI is InChI=1S/C22H26N2O6/c1-15-6-9-18(10-7-15)23-22(27)30-21(16(2)8-11-20(26)24-28)17-4-3-5-19(14-17)29-13-12-25/h3-11,14,16,21,25,28H,12-13H2,1-2H3,(H,23,27)(H,24,26)/b11-8+/t16-,21-/m0/s1. The molecule has 2 aromatic rings. The molecule has 2 aromatic carbocycles. The van der Waals surface area contributed by atoms with Crippen LogP contribution in [0.15, 0.2) is 60.7 Å². The molecule has 0 radical (unpaired) electrons. The predicted molar refractivity (Wildman–Crippen MR) is 111 cm³/mol. The van der Waals surface area contributed by atoms with Gasteiger partial charge < -0.3 is 14.6 Å². The number of rotatable bonds is 9. The second kappa shape index (κ2) is 11.6. The highest BCUT2D eigenvalue weighted by molar-refractivity contribution is 5.86. The zero-order chi connectivity index (χ0) is 21.9. The molecule has 8 heteroatoms. The van der Waals surface area contributed by atoms with Gasteiger partial charge in [0.05, 0.1) is 6.61 Å². The first-order chi connectivity index (χ1) is 14.4. The van der Waals surface area contributed by atoms with Crippen LogP contribution in [0, 0.1) is 12.8 Å². The van der Waals surface area contributed by atoms with Crippen molar-refractivity contribution in [2.45, 2.75) is 20.0 Å². The highest BCUT2D eigenvalue weighted by Gasteiger charge is 2.23. The van der Waals surface area contributed by atoms with Crippen LogP contribution in [0.3, 0.4) is 0 Å². The van der Waals surface area contributed by atoms with Crippen molar-refractivity contribution < 1.29 is 29.4 Å². The SMILES string of the molecule is Cc1ccc(NC(=O)O[C@H](c2cccc(OCCO)c2)[C@@H](C)/C=C/C(=O)NO)cc1. The van der Waals surface area contributed by atoms with E-state index in [1.165, 1.54) is 11.6 Å². The van der Waals surface area contributed by atoms with Crippen molar-refractivity contribution in [2.75, 3.05) is 18.5 Å². The van der Waals surface area contributed by atoms with Gasteiger partial charge in [0, 0.05) is 17.7 Å². The largest absolute Gasteiger partial charge is 0.491 e. The summed E-state index contributed by atoms with van der Waals surface area (Å²) in [5, 5.41) is 20.3. The van der Waals surface area contributed by atoms with Gasteiger partial charge in [-0.1, -0.05) is 42.8 Å². The molecular formula is C22H26N2O6. The molecule has 0 bridgehead atoms. The minimum absolute atomic E-state index is 0.126. The molecule has 2 amide bonds. The Morgan fingerprint density at radius 3 is 2.57 bits per heavy atom. The molecule has 2 atom stereocenters. The van der Waals surface area contributed by atoms with Crippen LogP contribution in [0.4, 0.5) is 10.5 Å². The number of hydrogen-bond acceptors (Lipinski definition) is 6. The molecule has 2 rings (SSSR count). The van der Waals surface area contributed by atoms with Crippen LogP contribution in [-0.4, -0.2) is 35.5 Å². The second-order valence-electron chi connectivity index (χ2n) is 6.66. The monoisotopic (exact) mass is 414 g/mol. The van der Waals surface area contributed by atoms with Crippen molar-refractivity contribution >= 4 is 17.7 Å². The average Bonchev–Trinajstić information content (AvgIpc) is 2.75. The molecular weight excluding hydrogens is 388 g/mol. The first-order valence-electron chi connectivity index (χ1n) is 9.43. The summed E-state index contributed by atoms with van der Waals surface area (Å²) in [6.45, 7) is 3.72. The molecule has 0 unspecified atom stereocenters. The first-order valence-corrected chi connectivity index (χ1v) is 9.43. The maximum absolute atomic E-state index is 12.5. The number of anilines is 1. The van der Waals surface area contributed by atoms with Crippen molar-refractivity contribution in [1.82, 2.24) is 5.48 Å². The maximum atomic E-state index is 12.5. The fourth-order valence-electron chi connectivity index (χ4n) is 2.70. The van der Waals surface area contributed by atoms with Gasteiger partial charge in [-0.15, -0.1) is 0 Å². The lowest BCUT2D eigenvalue weighted by atomic mass is 9.96. The molecule has 4 N–H and O–H groups in total. The molecule has 30 heavy (non-hydrogen) atoms. The van der Waals surface area contributed by atoms with E-state index in [2.05, 4.69) is 5.32 Å².